The minimum atomic E-state index is -0.262. The average molecular weight is 495 g/mol. The highest BCUT2D eigenvalue weighted by Crippen LogP contribution is 2.39. The predicted octanol–water partition coefficient (Wildman–Crippen LogP) is 6.50. The largest absolute Gasteiger partial charge is 0.231 e. The zero-order chi connectivity index (χ0) is 24.6. The van der Waals surface area contributed by atoms with E-state index in [0.717, 1.165) is 44.7 Å². The van der Waals surface area contributed by atoms with E-state index in [4.69, 9.17) is 10.1 Å². The summed E-state index contributed by atoms with van der Waals surface area (Å²) in [4.78, 5) is 4.89. The van der Waals surface area contributed by atoms with Gasteiger partial charge in [-0.05, 0) is 43.7 Å². The smallest absolute Gasteiger partial charge is 0.207 e. The van der Waals surface area contributed by atoms with Crippen molar-refractivity contribution in [1.82, 2.24) is 20.0 Å². The minimum absolute atomic E-state index is 0.126. The van der Waals surface area contributed by atoms with Crippen LogP contribution < -0.4 is 5.01 Å². The summed E-state index contributed by atoms with van der Waals surface area (Å²) in [6.07, 6.45) is 0.610. The maximum absolute atomic E-state index is 13.7. The van der Waals surface area contributed by atoms with E-state index >= 15 is 0 Å². The molecule has 0 saturated heterocycles. The normalized spacial score (nSPS) is 15.4. The van der Waals surface area contributed by atoms with E-state index in [1.165, 1.54) is 17.7 Å². The van der Waals surface area contributed by atoms with E-state index < -0.39 is 0 Å². The fourth-order valence-electron chi connectivity index (χ4n) is 4.41. The summed E-state index contributed by atoms with van der Waals surface area (Å²) in [6, 6.07) is 24.7. The fourth-order valence-corrected chi connectivity index (χ4v) is 5.25. The highest BCUT2D eigenvalue weighted by molar-refractivity contribution is 7.14. The number of rotatable bonds is 5. The number of aryl methyl sites for hydroxylation is 1. The van der Waals surface area contributed by atoms with E-state index in [1.807, 2.05) is 76.6 Å². The van der Waals surface area contributed by atoms with Crippen LogP contribution in [-0.2, 0) is 0 Å². The number of benzene rings is 3. The van der Waals surface area contributed by atoms with Gasteiger partial charge in [0.15, 0.2) is 0 Å². The molecular formula is C28H23FN6S. The number of anilines is 1. The van der Waals surface area contributed by atoms with Gasteiger partial charge in [-0.2, -0.15) is 5.10 Å². The Morgan fingerprint density at radius 2 is 1.67 bits per heavy atom. The molecule has 0 radical (unpaired) electrons. The lowest BCUT2D eigenvalue weighted by Gasteiger charge is -2.21. The summed E-state index contributed by atoms with van der Waals surface area (Å²) in [6.45, 7) is 4.06. The Bertz CT molecular complexity index is 1540. The molecule has 0 unspecified atom stereocenters. The van der Waals surface area contributed by atoms with Gasteiger partial charge in [-0.25, -0.2) is 19.1 Å². The van der Waals surface area contributed by atoms with E-state index in [-0.39, 0.29) is 11.9 Å². The van der Waals surface area contributed by atoms with Gasteiger partial charge < -0.3 is 0 Å². The Morgan fingerprint density at radius 3 is 2.42 bits per heavy atom. The van der Waals surface area contributed by atoms with Crippen LogP contribution in [0.4, 0.5) is 9.52 Å². The zero-order valence-corrected chi connectivity index (χ0v) is 20.7. The van der Waals surface area contributed by atoms with Gasteiger partial charge in [0, 0.05) is 17.4 Å². The molecule has 1 aliphatic heterocycles. The summed E-state index contributed by atoms with van der Waals surface area (Å²) in [5.74, 6) is -0.262. The van der Waals surface area contributed by atoms with Crippen LogP contribution in [0.5, 0.6) is 0 Å². The number of hydrogen-bond acceptors (Lipinski definition) is 6. The van der Waals surface area contributed by atoms with Gasteiger partial charge in [-0.15, -0.1) is 16.4 Å². The molecule has 1 aliphatic rings. The third kappa shape index (κ3) is 4.09. The van der Waals surface area contributed by atoms with E-state index in [1.54, 1.807) is 11.3 Å². The Kier molecular flexibility index (Phi) is 5.65. The molecule has 0 N–H and O–H groups in total. The number of hydrazone groups is 1. The molecule has 1 atom stereocenters. The van der Waals surface area contributed by atoms with Crippen LogP contribution in [0.1, 0.15) is 35.0 Å². The summed E-state index contributed by atoms with van der Waals surface area (Å²) in [5.41, 5.74) is 7.57. The monoisotopic (exact) mass is 494 g/mol. The third-order valence-corrected chi connectivity index (χ3v) is 7.20. The van der Waals surface area contributed by atoms with Gasteiger partial charge in [-0.1, -0.05) is 65.4 Å². The van der Waals surface area contributed by atoms with Crippen LogP contribution in [0.25, 0.3) is 16.9 Å². The first kappa shape index (κ1) is 22.3. The van der Waals surface area contributed by atoms with Crippen molar-refractivity contribution in [3.05, 3.63) is 113 Å². The molecule has 0 fully saturated rings. The molecular weight excluding hydrogens is 471 g/mol. The summed E-state index contributed by atoms with van der Waals surface area (Å²) >= 11 is 1.54. The van der Waals surface area contributed by atoms with Crippen LogP contribution in [0.3, 0.4) is 0 Å². The second-order valence-corrected chi connectivity index (χ2v) is 9.65. The lowest BCUT2D eigenvalue weighted by atomic mass is 10.0. The van der Waals surface area contributed by atoms with E-state index in [0.29, 0.717) is 6.42 Å². The molecule has 0 aliphatic carbocycles. The quantitative estimate of drug-likeness (QED) is 0.280. The minimum Gasteiger partial charge on any atom is -0.231 e. The second-order valence-electron chi connectivity index (χ2n) is 8.81. The van der Waals surface area contributed by atoms with Crippen molar-refractivity contribution >= 4 is 22.2 Å². The SMILES string of the molecule is Cc1ccc(-n2nnc(C3=NN(c4nc(-c5ccccc5)cs4)[C@H](c4ccc(F)cc4)C3)c2C)cc1. The highest BCUT2D eigenvalue weighted by Gasteiger charge is 2.34. The van der Waals surface area contributed by atoms with Crippen LogP contribution in [0, 0.1) is 19.7 Å². The molecule has 178 valence electrons. The van der Waals surface area contributed by atoms with Crippen LogP contribution in [0.15, 0.2) is 89.3 Å². The Morgan fingerprint density at radius 1 is 0.917 bits per heavy atom. The van der Waals surface area contributed by atoms with Crippen LogP contribution in [-0.4, -0.2) is 25.7 Å². The number of hydrogen-bond donors (Lipinski definition) is 0. The molecule has 3 heterocycles. The molecule has 5 aromatic rings. The molecule has 0 spiro atoms. The topological polar surface area (TPSA) is 59.2 Å². The molecule has 0 bridgehead atoms. The first-order chi connectivity index (χ1) is 17.6. The predicted molar refractivity (Wildman–Crippen MR) is 141 cm³/mol. The van der Waals surface area contributed by atoms with Crippen molar-refractivity contribution in [3.8, 4) is 16.9 Å². The summed E-state index contributed by atoms with van der Waals surface area (Å²) < 4.78 is 15.5. The lowest BCUT2D eigenvalue weighted by Crippen LogP contribution is -2.18. The van der Waals surface area contributed by atoms with Gasteiger partial charge >= 0.3 is 0 Å². The molecule has 0 amide bonds. The fraction of sp³-hybridized carbons (Fsp3) is 0.143. The van der Waals surface area contributed by atoms with Crippen molar-refractivity contribution in [3.63, 3.8) is 0 Å². The van der Waals surface area contributed by atoms with Crippen molar-refractivity contribution < 1.29 is 4.39 Å². The standard InChI is InChI=1S/C28H23FN6S/c1-18-8-14-23(15-9-18)34-19(2)27(31-33-34)24-16-26(21-10-12-22(29)13-11-21)35(32-24)28-30-25(17-36-28)20-6-4-3-5-7-20/h3-15,17,26H,16H2,1-2H3/t26-/m0/s1. The summed E-state index contributed by atoms with van der Waals surface area (Å²) in [7, 11) is 0. The molecule has 36 heavy (non-hydrogen) atoms. The van der Waals surface area contributed by atoms with Crippen molar-refractivity contribution in [2.75, 3.05) is 5.01 Å². The molecule has 6 nitrogen and oxygen atoms in total. The maximum atomic E-state index is 13.7. The number of halogens is 1. The maximum Gasteiger partial charge on any atom is 0.207 e. The summed E-state index contributed by atoms with van der Waals surface area (Å²) in [5, 5.41) is 18.7. The van der Waals surface area contributed by atoms with Crippen molar-refractivity contribution in [1.29, 1.82) is 0 Å². The Balaban J connectivity index is 1.39. The van der Waals surface area contributed by atoms with Crippen molar-refractivity contribution in [2.24, 2.45) is 5.10 Å². The van der Waals surface area contributed by atoms with Crippen LogP contribution in [0.2, 0.25) is 0 Å². The second kappa shape index (κ2) is 9.13. The van der Waals surface area contributed by atoms with Gasteiger partial charge in [-0.3, -0.25) is 0 Å². The molecule has 3 aromatic carbocycles. The van der Waals surface area contributed by atoms with E-state index in [2.05, 4.69) is 29.4 Å². The number of thiazole rings is 1. The van der Waals surface area contributed by atoms with Gasteiger partial charge in [0.1, 0.15) is 11.5 Å². The van der Waals surface area contributed by atoms with Gasteiger partial charge in [0.25, 0.3) is 0 Å². The molecule has 2 aromatic heterocycles. The highest BCUT2D eigenvalue weighted by atomic mass is 32.1. The Labute approximate surface area is 212 Å². The van der Waals surface area contributed by atoms with Crippen LogP contribution >= 0.6 is 11.3 Å². The Hall–Kier alpha value is -4.17. The van der Waals surface area contributed by atoms with Gasteiger partial charge in [0.2, 0.25) is 5.13 Å². The molecule has 8 heteroatoms. The first-order valence-electron chi connectivity index (χ1n) is 11.7. The van der Waals surface area contributed by atoms with Crippen molar-refractivity contribution in [2.45, 2.75) is 26.3 Å². The molecule has 6 rings (SSSR count). The number of nitrogens with zero attached hydrogens (tertiary/aromatic N) is 6. The zero-order valence-electron chi connectivity index (χ0n) is 19.8. The average Bonchev–Trinajstić information content (AvgIpc) is 3.64. The van der Waals surface area contributed by atoms with E-state index in [9.17, 15) is 4.39 Å². The third-order valence-electron chi connectivity index (χ3n) is 6.37. The van der Waals surface area contributed by atoms with Gasteiger partial charge in [0.05, 0.1) is 28.8 Å². The molecule has 0 saturated carbocycles. The first-order valence-corrected chi connectivity index (χ1v) is 12.6. The number of aromatic nitrogens is 4. The lowest BCUT2D eigenvalue weighted by molar-refractivity contribution is 0.624.